The number of nitrogens with one attached hydrogen (secondary N) is 2. The van der Waals surface area contributed by atoms with E-state index in [-0.39, 0.29) is 40.7 Å². The molecule has 3 atom stereocenters. The van der Waals surface area contributed by atoms with Gasteiger partial charge in [0.2, 0.25) is 11.9 Å². The molecule has 3 aromatic heterocycles. The van der Waals surface area contributed by atoms with Gasteiger partial charge in [0.25, 0.3) is 0 Å². The lowest BCUT2D eigenvalue weighted by molar-refractivity contribution is -0.120. The third-order valence-electron chi connectivity index (χ3n) is 7.45. The lowest BCUT2D eigenvalue weighted by Gasteiger charge is -2.42. The van der Waals surface area contributed by atoms with E-state index in [1.165, 1.54) is 29.6 Å². The highest BCUT2D eigenvalue weighted by atomic mass is 19.1. The summed E-state index contributed by atoms with van der Waals surface area (Å²) in [5, 5.41) is 20.1. The highest BCUT2D eigenvalue weighted by Gasteiger charge is 2.34. The number of benzene rings is 1. The maximum atomic E-state index is 15.2. The monoisotopic (exact) mass is 559 g/mol. The van der Waals surface area contributed by atoms with Gasteiger partial charge in [-0.3, -0.25) is 9.78 Å². The number of hydrogen-bond acceptors (Lipinski definition) is 8. The summed E-state index contributed by atoms with van der Waals surface area (Å²) in [7, 11) is 0. The minimum atomic E-state index is -1.05. The first-order chi connectivity index (χ1) is 19.5. The fraction of sp³-hybridized carbons (Fsp3) is 0.345. The van der Waals surface area contributed by atoms with E-state index in [0.29, 0.717) is 30.2 Å². The van der Waals surface area contributed by atoms with Crippen LogP contribution in [0, 0.1) is 28.9 Å². The average molecular weight is 560 g/mol. The molecule has 1 fully saturated rings. The smallest absolute Gasteiger partial charge is 0.229 e. The van der Waals surface area contributed by atoms with Crippen LogP contribution in [0.2, 0.25) is 0 Å². The number of pyridine rings is 1. The summed E-state index contributed by atoms with van der Waals surface area (Å²) in [5.74, 6) is -1.32. The fourth-order valence-electron chi connectivity index (χ4n) is 5.23. The number of carbonyl (C=O) groups is 1. The summed E-state index contributed by atoms with van der Waals surface area (Å²) in [6, 6.07) is 9.04. The van der Waals surface area contributed by atoms with Crippen molar-refractivity contribution in [2.24, 2.45) is 11.7 Å². The van der Waals surface area contributed by atoms with Gasteiger partial charge in [0.05, 0.1) is 52.0 Å². The van der Waals surface area contributed by atoms with Crippen LogP contribution in [-0.4, -0.2) is 50.7 Å². The van der Waals surface area contributed by atoms with E-state index in [1.807, 2.05) is 13.0 Å². The Bertz CT molecular complexity index is 1630. The number of rotatable bonds is 6. The Morgan fingerprint density at radius 1 is 1.17 bits per heavy atom. The lowest BCUT2D eigenvalue weighted by Crippen LogP contribution is -2.61. The highest BCUT2D eigenvalue weighted by Crippen LogP contribution is 2.33. The minimum absolute atomic E-state index is 0.0705. The van der Waals surface area contributed by atoms with Crippen LogP contribution < -0.4 is 21.3 Å². The quantitative estimate of drug-likeness (QED) is 0.324. The number of nitrogens with zero attached hydrogens (tertiary/aromatic N) is 6. The molecule has 0 aliphatic carbocycles. The molecule has 1 aromatic carbocycles. The second-order valence-corrected chi connectivity index (χ2v) is 11.0. The molecule has 5 rings (SSSR count). The van der Waals surface area contributed by atoms with Gasteiger partial charge in [0.15, 0.2) is 0 Å². The molecular formula is C29H31F2N9O. The zero-order chi connectivity index (χ0) is 29.5. The summed E-state index contributed by atoms with van der Waals surface area (Å²) in [6.45, 7) is 7.88. The maximum Gasteiger partial charge on any atom is 0.229 e. The molecule has 41 heavy (non-hydrogen) atoms. The number of halogens is 2. The Morgan fingerprint density at radius 2 is 1.90 bits per heavy atom. The SMILES string of the molecule is CC(=O)N[C@@H]1[C@H](N)CN(c2ccncc2Nc2ncc3ccc(-c4c(F)cc(C(C)(C)C#N)cc4F)nn23)C[C@@H]1C. The summed E-state index contributed by atoms with van der Waals surface area (Å²) in [4.78, 5) is 22.5. The normalized spacial score (nSPS) is 19.2. The molecule has 0 radical (unpaired) electrons. The van der Waals surface area contributed by atoms with Gasteiger partial charge in [-0.05, 0) is 55.7 Å². The molecule has 1 saturated heterocycles. The Balaban J connectivity index is 1.46. The van der Waals surface area contributed by atoms with E-state index in [0.717, 1.165) is 5.69 Å². The number of nitrogens with two attached hydrogens (primary N) is 1. The standard InChI is InChI=1S/C29H31F2N9O/c1-16-13-39(14-22(33)27(16)36-17(2)41)25-7-8-34-12-24(25)37-28-35-11-19-5-6-23(38-40(19)28)26-20(30)9-18(10-21(26)31)29(3,4)15-32/h5-12,16,22,27H,13-14,33H2,1-4H3,(H,35,37)(H,36,41)/t16-,22+,27-/m0/s1. The lowest BCUT2D eigenvalue weighted by atomic mass is 9.85. The Labute approximate surface area is 236 Å². The van der Waals surface area contributed by atoms with Gasteiger partial charge in [-0.25, -0.2) is 13.8 Å². The van der Waals surface area contributed by atoms with Crippen LogP contribution in [0.15, 0.2) is 48.9 Å². The van der Waals surface area contributed by atoms with E-state index in [4.69, 9.17) is 5.73 Å². The van der Waals surface area contributed by atoms with Crippen molar-refractivity contribution in [3.63, 3.8) is 0 Å². The van der Waals surface area contributed by atoms with E-state index in [2.05, 4.69) is 36.7 Å². The van der Waals surface area contributed by atoms with Gasteiger partial charge in [-0.2, -0.15) is 14.9 Å². The van der Waals surface area contributed by atoms with Crippen molar-refractivity contribution in [1.82, 2.24) is 24.9 Å². The molecule has 1 aliphatic rings. The van der Waals surface area contributed by atoms with Crippen molar-refractivity contribution in [3.8, 4) is 17.3 Å². The number of imidazole rings is 1. The first-order valence-corrected chi connectivity index (χ1v) is 13.2. The topological polar surface area (TPSA) is 137 Å². The van der Waals surface area contributed by atoms with E-state index in [9.17, 15) is 10.1 Å². The number of hydrogen-bond donors (Lipinski definition) is 3. The largest absolute Gasteiger partial charge is 0.368 e. The van der Waals surface area contributed by atoms with Crippen molar-refractivity contribution < 1.29 is 13.6 Å². The second kappa shape index (κ2) is 10.7. The summed E-state index contributed by atoms with van der Waals surface area (Å²) < 4.78 is 31.8. The molecule has 4 aromatic rings. The highest BCUT2D eigenvalue weighted by molar-refractivity contribution is 5.75. The van der Waals surface area contributed by atoms with Gasteiger partial charge in [-0.1, -0.05) is 6.92 Å². The molecule has 0 unspecified atom stereocenters. The van der Waals surface area contributed by atoms with Crippen LogP contribution >= 0.6 is 0 Å². The first kappa shape index (κ1) is 27.9. The number of anilines is 3. The molecule has 4 N–H and O–H groups in total. The predicted octanol–water partition coefficient (Wildman–Crippen LogP) is 3.90. The van der Waals surface area contributed by atoms with Gasteiger partial charge in [-0.15, -0.1) is 0 Å². The predicted molar refractivity (Wildman–Crippen MR) is 151 cm³/mol. The Kier molecular flexibility index (Phi) is 7.31. The number of piperidine rings is 1. The van der Waals surface area contributed by atoms with Crippen LogP contribution in [0.4, 0.5) is 26.1 Å². The minimum Gasteiger partial charge on any atom is -0.368 e. The zero-order valence-corrected chi connectivity index (χ0v) is 23.2. The fourth-order valence-corrected chi connectivity index (χ4v) is 5.23. The Hall–Kier alpha value is -4.63. The van der Waals surface area contributed by atoms with Gasteiger partial charge in [0, 0.05) is 38.3 Å². The van der Waals surface area contributed by atoms with Crippen LogP contribution in [0.1, 0.15) is 33.3 Å². The number of amides is 1. The molecule has 10 nitrogen and oxygen atoms in total. The second-order valence-electron chi connectivity index (χ2n) is 11.0. The van der Waals surface area contributed by atoms with Crippen molar-refractivity contribution in [2.45, 2.75) is 45.2 Å². The van der Waals surface area contributed by atoms with Gasteiger partial charge in [0.1, 0.15) is 11.6 Å². The van der Waals surface area contributed by atoms with Crippen LogP contribution in [0.25, 0.3) is 16.8 Å². The first-order valence-electron chi connectivity index (χ1n) is 13.2. The van der Waals surface area contributed by atoms with E-state index < -0.39 is 17.0 Å². The molecule has 1 aliphatic heterocycles. The van der Waals surface area contributed by atoms with Gasteiger partial charge >= 0.3 is 0 Å². The van der Waals surface area contributed by atoms with Crippen LogP contribution in [-0.2, 0) is 10.2 Å². The third kappa shape index (κ3) is 5.40. The van der Waals surface area contributed by atoms with Crippen molar-refractivity contribution in [1.29, 1.82) is 5.26 Å². The van der Waals surface area contributed by atoms with E-state index >= 15 is 8.78 Å². The van der Waals surface area contributed by atoms with Crippen molar-refractivity contribution >= 4 is 28.7 Å². The van der Waals surface area contributed by atoms with Crippen molar-refractivity contribution in [3.05, 3.63) is 66.1 Å². The van der Waals surface area contributed by atoms with Gasteiger partial charge < -0.3 is 21.3 Å². The van der Waals surface area contributed by atoms with E-state index in [1.54, 1.807) is 38.5 Å². The molecule has 0 saturated carbocycles. The number of fused-ring (bicyclic) bond motifs is 1. The molecule has 4 heterocycles. The number of carbonyl (C=O) groups excluding carboxylic acids is 1. The molecule has 12 heteroatoms. The van der Waals surface area contributed by atoms with Crippen LogP contribution in [0.3, 0.4) is 0 Å². The molecular weight excluding hydrogens is 528 g/mol. The molecule has 0 bridgehead atoms. The number of nitriles is 1. The average Bonchev–Trinajstić information content (AvgIpc) is 3.32. The van der Waals surface area contributed by atoms with Crippen molar-refractivity contribution in [2.75, 3.05) is 23.3 Å². The molecule has 212 valence electrons. The van der Waals surface area contributed by atoms with Crippen LogP contribution in [0.5, 0.6) is 0 Å². The molecule has 0 spiro atoms. The zero-order valence-electron chi connectivity index (χ0n) is 23.2. The summed E-state index contributed by atoms with van der Waals surface area (Å²) in [6.07, 6.45) is 4.93. The summed E-state index contributed by atoms with van der Waals surface area (Å²) >= 11 is 0. The third-order valence-corrected chi connectivity index (χ3v) is 7.45. The maximum absolute atomic E-state index is 15.2. The Morgan fingerprint density at radius 3 is 2.56 bits per heavy atom. The summed E-state index contributed by atoms with van der Waals surface area (Å²) in [5.41, 5.74) is 7.50. The molecule has 1 amide bonds. The number of aromatic nitrogens is 4.